The number of nitrogens with two attached hydrogens (primary N) is 1. The fourth-order valence-electron chi connectivity index (χ4n) is 3.91. The number of anilines is 1. The Morgan fingerprint density at radius 2 is 1.75 bits per heavy atom. The molecule has 2 aromatic rings. The van der Waals surface area contributed by atoms with Gasteiger partial charge < -0.3 is 30.7 Å². The molecule has 1 unspecified atom stereocenters. The van der Waals surface area contributed by atoms with Gasteiger partial charge in [-0.3, -0.25) is 9.59 Å². The van der Waals surface area contributed by atoms with Crippen LogP contribution in [0.25, 0.3) is 0 Å². The van der Waals surface area contributed by atoms with Crippen molar-refractivity contribution in [2.75, 3.05) is 43.8 Å². The van der Waals surface area contributed by atoms with Crippen LogP contribution in [0, 0.1) is 36.2 Å². The highest BCUT2D eigenvalue weighted by atomic mass is 32.2. The molecule has 2 aromatic carbocycles. The predicted molar refractivity (Wildman–Crippen MR) is 166 cm³/mol. The highest BCUT2D eigenvalue weighted by Gasteiger charge is 2.24. The highest BCUT2D eigenvalue weighted by molar-refractivity contribution is 7.99. The molecule has 1 heterocycles. The molecule has 0 bridgehead atoms. The van der Waals surface area contributed by atoms with Crippen LogP contribution < -0.4 is 16.4 Å². The molecule has 242 valence electrons. The van der Waals surface area contributed by atoms with Gasteiger partial charge in [-0.1, -0.05) is 26.0 Å². The van der Waals surface area contributed by atoms with Gasteiger partial charge in [0.05, 0.1) is 12.5 Å². The van der Waals surface area contributed by atoms with E-state index in [-0.39, 0.29) is 42.8 Å². The first-order valence-corrected chi connectivity index (χ1v) is 15.0. The van der Waals surface area contributed by atoms with E-state index < -0.39 is 29.5 Å². The molecule has 0 spiro atoms. The van der Waals surface area contributed by atoms with Gasteiger partial charge in [-0.05, 0) is 41.7 Å². The predicted octanol–water partition coefficient (Wildman–Crippen LogP) is 3.70. The second-order valence-electron chi connectivity index (χ2n) is 9.94. The average Bonchev–Trinajstić information content (AvgIpc) is 3.55. The van der Waals surface area contributed by atoms with Crippen molar-refractivity contribution >= 4 is 35.7 Å². The summed E-state index contributed by atoms with van der Waals surface area (Å²) in [5.74, 6) is -1.94. The third-order valence-corrected chi connectivity index (χ3v) is 7.20. The second-order valence-corrected chi connectivity index (χ2v) is 11.0. The number of amides is 2. The third-order valence-electron chi connectivity index (χ3n) is 6.23. The summed E-state index contributed by atoms with van der Waals surface area (Å²) in [6.45, 7) is 5.72. The van der Waals surface area contributed by atoms with Crippen LogP contribution in [0.2, 0.25) is 0 Å². The Morgan fingerprint density at radius 1 is 1.09 bits per heavy atom. The summed E-state index contributed by atoms with van der Waals surface area (Å²) < 4.78 is 49.4. The number of rotatable bonds is 14. The van der Waals surface area contributed by atoms with E-state index in [0.717, 1.165) is 23.1 Å². The molecule has 1 saturated heterocycles. The van der Waals surface area contributed by atoms with Gasteiger partial charge in [-0.15, -0.1) is 24.6 Å². The maximum absolute atomic E-state index is 13.5. The van der Waals surface area contributed by atoms with E-state index in [1.54, 1.807) is 23.8 Å². The number of esters is 1. The van der Waals surface area contributed by atoms with E-state index in [1.165, 1.54) is 0 Å². The average molecular weight is 639 g/mol. The molecule has 1 aliphatic rings. The minimum Gasteiger partial charge on any atom is -0.462 e. The summed E-state index contributed by atoms with van der Waals surface area (Å²) >= 11 is 1.66. The maximum atomic E-state index is 13.5. The Hall–Kier alpha value is -3.73. The zero-order chi connectivity index (χ0) is 33.1. The molecule has 2 amide bonds. The quantitative estimate of drug-likeness (QED) is 0.0942. The Balaban J connectivity index is 0.000000418. The summed E-state index contributed by atoms with van der Waals surface area (Å²) in [5.41, 5.74) is 7.60. The van der Waals surface area contributed by atoms with Crippen molar-refractivity contribution < 1.29 is 37.0 Å². The molecule has 0 aliphatic carbocycles. The molecule has 3 rings (SSSR count). The number of carbonyl (C=O) groups is 3. The number of benzene rings is 2. The van der Waals surface area contributed by atoms with Crippen molar-refractivity contribution in [3.63, 3.8) is 0 Å². The third kappa shape index (κ3) is 13.7. The summed E-state index contributed by atoms with van der Waals surface area (Å²) in [6, 6.07) is 7.79. The lowest BCUT2D eigenvalue weighted by molar-refractivity contribution is -0.146. The molecule has 44 heavy (non-hydrogen) atoms. The number of nitrogens with zero attached hydrogens (tertiary/aromatic N) is 1. The molecule has 13 heteroatoms. The number of terminal acetylenes is 1. The summed E-state index contributed by atoms with van der Waals surface area (Å²) in [7, 11) is 1.56. The van der Waals surface area contributed by atoms with E-state index >= 15 is 0 Å². The molecular formula is C31H41F3N4O5S. The number of carbonyl (C=O) groups excluding carboxylic acids is 3. The lowest BCUT2D eigenvalue weighted by Gasteiger charge is -2.22. The van der Waals surface area contributed by atoms with Crippen molar-refractivity contribution in [3.8, 4) is 12.8 Å². The monoisotopic (exact) mass is 638 g/mol. The number of hydrogen-bond donors (Lipinski definition) is 3. The van der Waals surface area contributed by atoms with Crippen molar-refractivity contribution in [3.05, 3.63) is 65.0 Å². The zero-order valence-corrected chi connectivity index (χ0v) is 26.0. The number of nitrogens with one attached hydrogen (secondary N) is 2. The molecule has 4 N–H and O–H groups in total. The smallest absolute Gasteiger partial charge is 0.328 e. The van der Waals surface area contributed by atoms with Crippen molar-refractivity contribution in [2.24, 2.45) is 11.7 Å². The maximum Gasteiger partial charge on any atom is 0.328 e. The van der Waals surface area contributed by atoms with Crippen LogP contribution in [-0.4, -0.2) is 73.8 Å². The minimum atomic E-state index is -1.23. The van der Waals surface area contributed by atoms with Crippen molar-refractivity contribution in [1.82, 2.24) is 10.2 Å². The molecule has 0 radical (unpaired) electrons. The van der Waals surface area contributed by atoms with Crippen LogP contribution in [-0.2, 0) is 36.8 Å². The fourth-order valence-corrected chi connectivity index (χ4v) is 4.88. The van der Waals surface area contributed by atoms with E-state index in [2.05, 4.69) is 23.5 Å². The second kappa shape index (κ2) is 21.1. The van der Waals surface area contributed by atoms with E-state index in [1.807, 2.05) is 38.1 Å². The summed E-state index contributed by atoms with van der Waals surface area (Å²) in [5, 5.41) is 5.79. The zero-order valence-electron chi connectivity index (χ0n) is 25.2. The molecule has 1 fully saturated rings. The minimum absolute atomic E-state index is 0.00421. The first-order valence-electron chi connectivity index (χ1n) is 13.8. The Morgan fingerprint density at radius 3 is 2.32 bits per heavy atom. The largest absolute Gasteiger partial charge is 0.462 e. The molecule has 0 aromatic heterocycles. The summed E-state index contributed by atoms with van der Waals surface area (Å²) in [4.78, 5) is 35.9. The fraction of sp³-hybridized carbons (Fsp3) is 0.452. The number of methoxy groups -OCH3 is 1. The Bertz CT molecular complexity index is 1190. The van der Waals surface area contributed by atoms with Gasteiger partial charge >= 0.3 is 5.97 Å². The number of halogens is 3. The van der Waals surface area contributed by atoms with Crippen LogP contribution in [0.3, 0.4) is 0 Å². The lowest BCUT2D eigenvalue weighted by Crippen LogP contribution is -2.36. The first-order chi connectivity index (χ1) is 21.0. The lowest BCUT2D eigenvalue weighted by atomic mass is 10.0. The van der Waals surface area contributed by atoms with Gasteiger partial charge in [0.2, 0.25) is 12.3 Å². The molecule has 2 atom stereocenters. The van der Waals surface area contributed by atoms with Crippen molar-refractivity contribution in [2.45, 2.75) is 45.3 Å². The van der Waals surface area contributed by atoms with Crippen LogP contribution in [0.5, 0.6) is 0 Å². The van der Waals surface area contributed by atoms with Crippen molar-refractivity contribution in [1.29, 1.82) is 0 Å². The van der Waals surface area contributed by atoms with E-state index in [4.69, 9.17) is 15.2 Å². The number of hydrogen-bond acceptors (Lipinski definition) is 8. The van der Waals surface area contributed by atoms with Gasteiger partial charge in [0, 0.05) is 50.2 Å². The number of ether oxygens (including phenoxy) is 2. The SMILES string of the molecule is C#C.COCCOC(=O)C(Nc1ccc(CNC=O)cc1)C(C)C.N[C@@H](CC(=O)N1CCSC1)Cc1cc(F)c(F)cc1F. The van der Waals surface area contributed by atoms with E-state index in [0.29, 0.717) is 38.0 Å². The van der Waals surface area contributed by atoms with Crippen LogP contribution in [0.15, 0.2) is 36.4 Å². The van der Waals surface area contributed by atoms with Gasteiger partial charge in [0.1, 0.15) is 18.5 Å². The topological polar surface area (TPSA) is 123 Å². The van der Waals surface area contributed by atoms with Crippen LogP contribution in [0.4, 0.5) is 18.9 Å². The normalized spacial score (nSPS) is 13.5. The first kappa shape index (κ1) is 38.3. The highest BCUT2D eigenvalue weighted by Crippen LogP contribution is 2.18. The van der Waals surface area contributed by atoms with Gasteiger partial charge in [-0.2, -0.15) is 0 Å². The van der Waals surface area contributed by atoms with Gasteiger partial charge in [-0.25, -0.2) is 18.0 Å². The molecule has 0 saturated carbocycles. The Labute approximate surface area is 261 Å². The van der Waals surface area contributed by atoms with Gasteiger partial charge in [0.25, 0.3) is 0 Å². The van der Waals surface area contributed by atoms with E-state index in [9.17, 15) is 27.6 Å². The Kier molecular flexibility index (Phi) is 18.3. The molecule has 1 aliphatic heterocycles. The standard InChI is InChI=1S/C16H24N2O4.C13H15F3N2OS.C2H2/c1-12(2)15(16(20)22-9-8-21-3)18-14-6-4-13(5-7-14)10-17-11-19;14-10-6-12(16)11(15)4-8(10)3-9(17)5-13(19)18-1-2-20-7-18;1-2/h4-7,11-12,15,18H,8-10H2,1-3H3,(H,17,19);4,6,9H,1-3,5,7,17H2;1-2H/t;9-;/m.1./s1. The van der Waals surface area contributed by atoms with Crippen LogP contribution in [0.1, 0.15) is 31.4 Å². The molecular weight excluding hydrogens is 597 g/mol. The van der Waals surface area contributed by atoms with Gasteiger partial charge in [0.15, 0.2) is 11.6 Å². The summed E-state index contributed by atoms with van der Waals surface area (Å²) in [6.07, 6.45) is 8.73. The molecule has 9 nitrogen and oxygen atoms in total. The van der Waals surface area contributed by atoms with Crippen LogP contribution >= 0.6 is 11.8 Å². The number of thioether (sulfide) groups is 1.